The van der Waals surface area contributed by atoms with Gasteiger partial charge in [-0.2, -0.15) is 4.73 Å². The number of carbonyl (C=O) groups is 1. The van der Waals surface area contributed by atoms with Crippen LogP contribution in [0.1, 0.15) is 44.1 Å². The van der Waals surface area contributed by atoms with E-state index in [4.69, 9.17) is 17.1 Å². The van der Waals surface area contributed by atoms with Gasteiger partial charge in [-0.25, -0.2) is 4.79 Å². The van der Waals surface area contributed by atoms with Crippen LogP contribution in [0.2, 0.25) is 0 Å². The average Bonchev–Trinajstić information content (AvgIpc) is 3.34. The maximum atomic E-state index is 12.6. The van der Waals surface area contributed by atoms with Crippen molar-refractivity contribution in [2.75, 3.05) is 12.4 Å². The summed E-state index contributed by atoms with van der Waals surface area (Å²) in [4.78, 5) is 18.1. The summed E-state index contributed by atoms with van der Waals surface area (Å²) in [7, 11) is 0. The summed E-state index contributed by atoms with van der Waals surface area (Å²) in [6.07, 6.45) is 8.53. The molecule has 6 heteroatoms. The third-order valence-corrected chi connectivity index (χ3v) is 7.14. The van der Waals surface area contributed by atoms with Crippen LogP contribution in [0.25, 0.3) is 22.3 Å². The largest absolute Gasteiger partial charge is 0.337 e. The van der Waals surface area contributed by atoms with E-state index in [0.29, 0.717) is 16.2 Å². The lowest BCUT2D eigenvalue weighted by Crippen LogP contribution is -2.16. The molecule has 0 spiro atoms. The Labute approximate surface area is 197 Å². The summed E-state index contributed by atoms with van der Waals surface area (Å²) >= 11 is 7.38. The number of benzene rings is 2. The lowest BCUT2D eigenvalue weighted by Gasteiger charge is -2.15. The first-order chi connectivity index (χ1) is 15.5. The van der Waals surface area contributed by atoms with E-state index in [1.54, 1.807) is 12.4 Å². The third-order valence-electron chi connectivity index (χ3n) is 5.75. The molecule has 0 atom stereocenters. The highest BCUT2D eigenvalue weighted by atomic mass is 32.2. The van der Waals surface area contributed by atoms with Crippen LogP contribution in [-0.2, 0) is 4.79 Å². The Morgan fingerprint density at radius 3 is 2.41 bits per heavy atom. The second kappa shape index (κ2) is 10.5. The Morgan fingerprint density at radius 2 is 1.75 bits per heavy atom. The molecule has 1 aliphatic rings. The summed E-state index contributed by atoms with van der Waals surface area (Å²) in [5.41, 5.74) is 4.91. The minimum Gasteiger partial charge on any atom is -0.337 e. The molecule has 0 unspecified atom stereocenters. The van der Waals surface area contributed by atoms with Gasteiger partial charge in [-0.05, 0) is 47.6 Å². The van der Waals surface area contributed by atoms with Gasteiger partial charge in [-0.15, -0.1) is 11.8 Å². The standard InChI is InChI=1S/C26H26FNO2S2/c1-18(29)30-28-16-24(21-9-4-8-20(14-21)19-6-2-3-7-19)26(31)25(17-28)22-10-5-11-23(15-22)32-13-12-27/h4-5,8-11,14-17,19H,2-3,6-7,12-13H2,1H3. The number of nitrogens with zero attached hydrogens (tertiary/aromatic N) is 1. The van der Waals surface area contributed by atoms with Crippen LogP contribution in [0.5, 0.6) is 0 Å². The predicted molar refractivity (Wildman–Crippen MR) is 131 cm³/mol. The summed E-state index contributed by atoms with van der Waals surface area (Å²) < 4.78 is 14.8. The quantitative estimate of drug-likeness (QED) is 0.271. The number of pyridine rings is 1. The van der Waals surface area contributed by atoms with Crippen LogP contribution >= 0.6 is 24.0 Å². The monoisotopic (exact) mass is 467 g/mol. The topological polar surface area (TPSA) is 31.2 Å². The molecule has 0 amide bonds. The fourth-order valence-corrected chi connectivity index (χ4v) is 5.33. The van der Waals surface area contributed by atoms with E-state index < -0.39 is 5.97 Å². The fourth-order valence-electron chi connectivity index (χ4n) is 4.30. The highest BCUT2D eigenvalue weighted by Gasteiger charge is 2.18. The second-order valence-corrected chi connectivity index (χ2v) is 9.61. The van der Waals surface area contributed by atoms with Crippen molar-refractivity contribution in [3.8, 4) is 22.3 Å². The Morgan fingerprint density at radius 1 is 1.09 bits per heavy atom. The van der Waals surface area contributed by atoms with E-state index in [0.717, 1.165) is 27.1 Å². The Kier molecular flexibility index (Phi) is 7.43. The van der Waals surface area contributed by atoms with E-state index in [9.17, 15) is 9.18 Å². The van der Waals surface area contributed by atoms with Crippen LogP contribution in [0, 0.1) is 4.51 Å². The van der Waals surface area contributed by atoms with Gasteiger partial charge < -0.3 is 4.84 Å². The highest BCUT2D eigenvalue weighted by Crippen LogP contribution is 2.37. The van der Waals surface area contributed by atoms with Gasteiger partial charge in [-0.1, -0.05) is 61.5 Å². The number of thioether (sulfide) groups is 1. The van der Waals surface area contributed by atoms with Gasteiger partial charge in [0.2, 0.25) is 0 Å². The summed E-state index contributed by atoms with van der Waals surface area (Å²) in [5.74, 6) is 0.596. The van der Waals surface area contributed by atoms with Gasteiger partial charge in [0, 0.05) is 28.7 Å². The molecule has 1 aromatic heterocycles. The number of aromatic nitrogens is 1. The molecule has 1 aliphatic carbocycles. The molecule has 0 radical (unpaired) electrons. The molecule has 0 saturated heterocycles. The van der Waals surface area contributed by atoms with E-state index >= 15 is 0 Å². The van der Waals surface area contributed by atoms with Gasteiger partial charge in [0.15, 0.2) is 0 Å². The molecule has 4 rings (SSSR count). The number of halogens is 1. The number of alkyl halides is 1. The van der Waals surface area contributed by atoms with Crippen molar-refractivity contribution in [2.24, 2.45) is 0 Å². The van der Waals surface area contributed by atoms with Crippen molar-refractivity contribution in [3.63, 3.8) is 0 Å². The maximum Gasteiger partial charge on any atom is 0.329 e. The van der Waals surface area contributed by atoms with Gasteiger partial charge in [0.05, 0.1) is 23.6 Å². The molecule has 0 bridgehead atoms. The van der Waals surface area contributed by atoms with E-state index in [-0.39, 0.29) is 6.67 Å². The molecule has 0 aliphatic heterocycles. The summed E-state index contributed by atoms with van der Waals surface area (Å²) in [6.45, 7) is 1.00. The van der Waals surface area contributed by atoms with Crippen molar-refractivity contribution < 1.29 is 14.0 Å². The van der Waals surface area contributed by atoms with Crippen molar-refractivity contribution in [1.29, 1.82) is 0 Å². The maximum absolute atomic E-state index is 12.6. The van der Waals surface area contributed by atoms with Gasteiger partial charge in [0.1, 0.15) is 0 Å². The molecule has 3 nitrogen and oxygen atoms in total. The van der Waals surface area contributed by atoms with Gasteiger partial charge in [0.25, 0.3) is 0 Å². The number of carbonyl (C=O) groups excluding carboxylic acids is 1. The van der Waals surface area contributed by atoms with Crippen molar-refractivity contribution in [3.05, 3.63) is 71.0 Å². The van der Waals surface area contributed by atoms with Crippen LogP contribution < -0.4 is 4.84 Å². The number of rotatable bonds is 7. The minimum atomic E-state index is -0.407. The zero-order chi connectivity index (χ0) is 22.5. The second-order valence-electron chi connectivity index (χ2n) is 8.03. The first kappa shape index (κ1) is 22.7. The first-order valence-corrected chi connectivity index (χ1v) is 12.3. The Balaban J connectivity index is 1.81. The molecule has 2 aromatic carbocycles. The zero-order valence-electron chi connectivity index (χ0n) is 18.1. The highest BCUT2D eigenvalue weighted by molar-refractivity contribution is 7.99. The van der Waals surface area contributed by atoms with Crippen LogP contribution in [0.15, 0.2) is 65.8 Å². The molecule has 32 heavy (non-hydrogen) atoms. The summed E-state index contributed by atoms with van der Waals surface area (Å²) in [5, 5.41) is 0. The van der Waals surface area contributed by atoms with Crippen LogP contribution in [-0.4, -0.2) is 23.1 Å². The van der Waals surface area contributed by atoms with E-state index in [1.807, 2.05) is 24.3 Å². The molecular weight excluding hydrogens is 441 g/mol. The number of hydrogen-bond acceptors (Lipinski definition) is 4. The van der Waals surface area contributed by atoms with Gasteiger partial charge >= 0.3 is 5.97 Å². The van der Waals surface area contributed by atoms with Gasteiger partial charge in [-0.3, -0.25) is 4.39 Å². The molecule has 1 saturated carbocycles. The van der Waals surface area contributed by atoms with Crippen molar-refractivity contribution >= 4 is 29.9 Å². The lowest BCUT2D eigenvalue weighted by atomic mass is 9.93. The molecule has 1 heterocycles. The predicted octanol–water partition coefficient (Wildman–Crippen LogP) is 7.25. The SMILES string of the molecule is CC(=O)On1cc(-c2cccc(SCCF)c2)c(=S)c(-c2cccc(C3CCCC3)c2)c1. The minimum absolute atomic E-state index is 0.375. The molecule has 3 aromatic rings. The summed E-state index contributed by atoms with van der Waals surface area (Å²) in [6, 6.07) is 16.4. The van der Waals surface area contributed by atoms with E-state index in [1.165, 1.54) is 54.7 Å². The fraction of sp³-hybridized carbons (Fsp3) is 0.308. The van der Waals surface area contributed by atoms with Crippen LogP contribution in [0.3, 0.4) is 0 Å². The Bertz CT molecular complexity index is 1170. The third kappa shape index (κ3) is 5.30. The zero-order valence-corrected chi connectivity index (χ0v) is 19.7. The molecule has 166 valence electrons. The van der Waals surface area contributed by atoms with Crippen molar-refractivity contribution in [1.82, 2.24) is 4.73 Å². The number of hydrogen-bond donors (Lipinski definition) is 0. The first-order valence-electron chi connectivity index (χ1n) is 10.9. The van der Waals surface area contributed by atoms with Crippen LogP contribution in [0.4, 0.5) is 4.39 Å². The molecule has 1 fully saturated rings. The van der Waals surface area contributed by atoms with E-state index in [2.05, 4.69) is 24.3 Å². The molecular formula is C26H26FNO2S2. The molecule has 0 N–H and O–H groups in total. The smallest absolute Gasteiger partial charge is 0.329 e. The Hall–Kier alpha value is -2.44. The normalized spacial score (nSPS) is 13.9. The average molecular weight is 468 g/mol. The van der Waals surface area contributed by atoms with Crippen molar-refractivity contribution in [2.45, 2.75) is 43.4 Å². The lowest BCUT2D eigenvalue weighted by molar-refractivity contribution is -0.141.